The van der Waals surface area contributed by atoms with Gasteiger partial charge in [0.2, 0.25) is 0 Å². The van der Waals surface area contributed by atoms with Gasteiger partial charge in [-0.15, -0.1) is 0 Å². The molecule has 19 heavy (non-hydrogen) atoms. The van der Waals surface area contributed by atoms with Crippen molar-refractivity contribution in [1.29, 1.82) is 0 Å². The van der Waals surface area contributed by atoms with Crippen LogP contribution in [0.15, 0.2) is 23.3 Å². The van der Waals surface area contributed by atoms with Crippen LogP contribution in [0.1, 0.15) is 19.4 Å². The molecule has 0 radical (unpaired) electrons. The van der Waals surface area contributed by atoms with Gasteiger partial charge in [-0.05, 0) is 26.0 Å². The zero-order valence-electron chi connectivity index (χ0n) is 10.4. The molecular formula is C12H13Cl2N3O2. The van der Waals surface area contributed by atoms with Gasteiger partial charge >= 0.3 is 11.8 Å². The summed E-state index contributed by atoms with van der Waals surface area (Å²) in [6, 6.07) is 4.72. The summed E-state index contributed by atoms with van der Waals surface area (Å²) in [7, 11) is 0. The lowest BCUT2D eigenvalue weighted by Crippen LogP contribution is -2.41. The summed E-state index contributed by atoms with van der Waals surface area (Å²) in [4.78, 5) is 22.6. The highest BCUT2D eigenvalue weighted by Gasteiger charge is 2.12. The van der Waals surface area contributed by atoms with E-state index in [4.69, 9.17) is 23.2 Å². The second-order valence-electron chi connectivity index (χ2n) is 3.99. The SMILES string of the molecule is CC(C)NC(=O)C(=O)N/N=C\c1ccc(Cl)cc1Cl. The fraction of sp³-hybridized carbons (Fsp3) is 0.250. The Kier molecular flexibility index (Phi) is 5.79. The number of nitrogens with zero attached hydrogens (tertiary/aromatic N) is 1. The number of carbonyl (C=O) groups excluding carboxylic acids is 2. The summed E-state index contributed by atoms with van der Waals surface area (Å²) in [6.07, 6.45) is 1.33. The predicted molar refractivity (Wildman–Crippen MR) is 75.5 cm³/mol. The molecule has 0 atom stereocenters. The molecule has 1 aromatic carbocycles. The third-order valence-corrected chi connectivity index (χ3v) is 2.52. The van der Waals surface area contributed by atoms with Crippen molar-refractivity contribution in [2.24, 2.45) is 5.10 Å². The summed E-state index contributed by atoms with van der Waals surface area (Å²) in [5, 5.41) is 6.99. The Bertz CT molecular complexity index is 516. The molecule has 2 N–H and O–H groups in total. The molecule has 0 heterocycles. The summed E-state index contributed by atoms with van der Waals surface area (Å²) in [6.45, 7) is 3.50. The summed E-state index contributed by atoms with van der Waals surface area (Å²) in [5.41, 5.74) is 2.68. The highest BCUT2D eigenvalue weighted by atomic mass is 35.5. The van der Waals surface area contributed by atoms with Gasteiger partial charge in [-0.25, -0.2) is 5.43 Å². The van der Waals surface area contributed by atoms with E-state index in [0.717, 1.165) is 0 Å². The molecular weight excluding hydrogens is 289 g/mol. The molecule has 0 bridgehead atoms. The summed E-state index contributed by atoms with van der Waals surface area (Å²) < 4.78 is 0. The molecule has 1 rings (SSSR count). The molecule has 0 saturated heterocycles. The molecule has 0 spiro atoms. The second kappa shape index (κ2) is 7.11. The fourth-order valence-corrected chi connectivity index (χ4v) is 1.60. The number of benzene rings is 1. The average molecular weight is 302 g/mol. The number of hydrazone groups is 1. The van der Waals surface area contributed by atoms with E-state index in [1.807, 2.05) is 0 Å². The Morgan fingerprint density at radius 1 is 1.26 bits per heavy atom. The van der Waals surface area contributed by atoms with Crippen LogP contribution in [0.3, 0.4) is 0 Å². The van der Waals surface area contributed by atoms with E-state index in [2.05, 4.69) is 15.8 Å². The highest BCUT2D eigenvalue weighted by molar-refractivity contribution is 6.36. The molecule has 5 nitrogen and oxygen atoms in total. The molecule has 0 aromatic heterocycles. The monoisotopic (exact) mass is 301 g/mol. The van der Waals surface area contributed by atoms with Crippen molar-refractivity contribution < 1.29 is 9.59 Å². The van der Waals surface area contributed by atoms with Crippen LogP contribution >= 0.6 is 23.2 Å². The number of amides is 2. The van der Waals surface area contributed by atoms with Crippen LogP contribution in [-0.4, -0.2) is 24.1 Å². The smallest absolute Gasteiger partial charge is 0.329 e. The van der Waals surface area contributed by atoms with Crippen LogP contribution in [-0.2, 0) is 9.59 Å². The molecule has 0 fully saturated rings. The van der Waals surface area contributed by atoms with E-state index in [9.17, 15) is 9.59 Å². The Balaban J connectivity index is 2.58. The topological polar surface area (TPSA) is 70.6 Å². The van der Waals surface area contributed by atoms with Gasteiger partial charge < -0.3 is 5.32 Å². The van der Waals surface area contributed by atoms with Crippen LogP contribution in [0, 0.1) is 0 Å². The van der Waals surface area contributed by atoms with Crippen LogP contribution in [0.5, 0.6) is 0 Å². The molecule has 2 amide bonds. The van der Waals surface area contributed by atoms with E-state index in [-0.39, 0.29) is 6.04 Å². The lowest BCUT2D eigenvalue weighted by Gasteiger charge is -2.06. The van der Waals surface area contributed by atoms with Crippen molar-refractivity contribution in [2.45, 2.75) is 19.9 Å². The van der Waals surface area contributed by atoms with Crippen molar-refractivity contribution in [1.82, 2.24) is 10.7 Å². The minimum absolute atomic E-state index is 0.118. The zero-order chi connectivity index (χ0) is 14.4. The molecule has 0 aliphatic heterocycles. The Morgan fingerprint density at radius 2 is 1.95 bits per heavy atom. The maximum atomic E-state index is 11.3. The number of nitrogens with one attached hydrogen (secondary N) is 2. The molecule has 7 heteroatoms. The first kappa shape index (κ1) is 15.5. The number of carbonyl (C=O) groups is 2. The van der Waals surface area contributed by atoms with Gasteiger partial charge in [0.25, 0.3) is 0 Å². The van der Waals surface area contributed by atoms with Crippen LogP contribution in [0.2, 0.25) is 10.0 Å². The van der Waals surface area contributed by atoms with E-state index in [1.165, 1.54) is 6.21 Å². The lowest BCUT2D eigenvalue weighted by atomic mass is 10.2. The minimum Gasteiger partial charge on any atom is -0.346 e. The zero-order valence-corrected chi connectivity index (χ0v) is 11.9. The van der Waals surface area contributed by atoms with Gasteiger partial charge in [0.1, 0.15) is 0 Å². The van der Waals surface area contributed by atoms with Crippen molar-refractivity contribution in [3.8, 4) is 0 Å². The largest absolute Gasteiger partial charge is 0.346 e. The Morgan fingerprint density at radius 3 is 2.53 bits per heavy atom. The second-order valence-corrected chi connectivity index (χ2v) is 4.84. The van der Waals surface area contributed by atoms with Gasteiger partial charge in [0, 0.05) is 16.6 Å². The quantitative estimate of drug-likeness (QED) is 0.509. The molecule has 0 aliphatic carbocycles. The number of hydrogen-bond donors (Lipinski definition) is 2. The van der Waals surface area contributed by atoms with Gasteiger partial charge in [-0.2, -0.15) is 5.10 Å². The Labute approximate surface area is 121 Å². The van der Waals surface area contributed by atoms with Gasteiger partial charge in [0.15, 0.2) is 0 Å². The third kappa shape index (κ3) is 5.28. The van der Waals surface area contributed by atoms with Crippen molar-refractivity contribution in [2.75, 3.05) is 0 Å². The number of halogens is 2. The highest BCUT2D eigenvalue weighted by Crippen LogP contribution is 2.19. The molecule has 0 unspecified atom stereocenters. The fourth-order valence-electron chi connectivity index (χ4n) is 1.15. The van der Waals surface area contributed by atoms with Crippen molar-refractivity contribution in [3.63, 3.8) is 0 Å². The molecule has 0 aliphatic rings. The maximum Gasteiger partial charge on any atom is 0.329 e. The van der Waals surface area contributed by atoms with Crippen LogP contribution in [0.4, 0.5) is 0 Å². The summed E-state index contributed by atoms with van der Waals surface area (Å²) >= 11 is 11.6. The van der Waals surface area contributed by atoms with Gasteiger partial charge in [-0.3, -0.25) is 9.59 Å². The summed E-state index contributed by atoms with van der Waals surface area (Å²) in [5.74, 6) is -1.58. The average Bonchev–Trinajstić information content (AvgIpc) is 2.30. The van der Waals surface area contributed by atoms with Gasteiger partial charge in [0.05, 0.1) is 11.2 Å². The minimum atomic E-state index is -0.838. The van der Waals surface area contributed by atoms with E-state index in [0.29, 0.717) is 15.6 Å². The van der Waals surface area contributed by atoms with Crippen LogP contribution in [0.25, 0.3) is 0 Å². The lowest BCUT2D eigenvalue weighted by molar-refractivity contribution is -0.139. The Hall–Kier alpha value is -1.59. The first-order chi connectivity index (χ1) is 8.90. The van der Waals surface area contributed by atoms with Crippen molar-refractivity contribution >= 4 is 41.2 Å². The van der Waals surface area contributed by atoms with E-state index >= 15 is 0 Å². The number of hydrogen-bond acceptors (Lipinski definition) is 3. The van der Waals surface area contributed by atoms with Crippen molar-refractivity contribution in [3.05, 3.63) is 33.8 Å². The first-order valence-electron chi connectivity index (χ1n) is 5.49. The van der Waals surface area contributed by atoms with Gasteiger partial charge in [-0.1, -0.05) is 29.3 Å². The molecule has 102 valence electrons. The molecule has 0 saturated carbocycles. The predicted octanol–water partition coefficient (Wildman–Crippen LogP) is 1.97. The van der Waals surface area contributed by atoms with E-state index < -0.39 is 11.8 Å². The normalized spacial score (nSPS) is 10.8. The third-order valence-electron chi connectivity index (χ3n) is 1.96. The van der Waals surface area contributed by atoms with Crippen LogP contribution < -0.4 is 10.7 Å². The molecule has 1 aromatic rings. The number of rotatable bonds is 3. The maximum absolute atomic E-state index is 11.3. The first-order valence-corrected chi connectivity index (χ1v) is 6.24. The van der Waals surface area contributed by atoms with E-state index in [1.54, 1.807) is 32.0 Å². The standard InChI is InChI=1S/C12H13Cl2N3O2/c1-7(2)16-11(18)12(19)17-15-6-8-3-4-9(13)5-10(8)14/h3-7H,1-2H3,(H,16,18)(H,17,19)/b15-6-.